The minimum absolute atomic E-state index is 0.243. The van der Waals surface area contributed by atoms with Crippen molar-refractivity contribution in [2.45, 2.75) is 32.8 Å². The molecule has 4 N–H and O–H groups in total. The number of nitrogens with one attached hydrogen (secondary N) is 1. The van der Waals surface area contributed by atoms with Gasteiger partial charge in [0.2, 0.25) is 5.91 Å². The number of aliphatic hydroxyl groups excluding tert-OH is 1. The summed E-state index contributed by atoms with van der Waals surface area (Å²) in [6, 6.07) is 5.94. The number of carbonyl (C=O) groups excluding carboxylic acids is 1. The lowest BCUT2D eigenvalue weighted by molar-refractivity contribution is -0.118. The Morgan fingerprint density at radius 2 is 2.20 bits per heavy atom. The molecule has 0 saturated carbocycles. The van der Waals surface area contributed by atoms with Crippen molar-refractivity contribution in [2.24, 2.45) is 5.73 Å². The van der Waals surface area contributed by atoms with E-state index in [1.165, 1.54) is 5.56 Å². The molecular formula is C15H24N2O3. The number of aryl methyl sites for hydroxylation is 2. The van der Waals surface area contributed by atoms with Crippen LogP contribution in [-0.2, 0) is 4.79 Å². The summed E-state index contributed by atoms with van der Waals surface area (Å²) in [6.45, 7) is 5.35. The predicted octanol–water partition coefficient (Wildman–Crippen LogP) is 0.898. The first-order valence-corrected chi connectivity index (χ1v) is 6.86. The molecule has 0 radical (unpaired) electrons. The number of rotatable bonds is 9. The Labute approximate surface area is 120 Å². The second kappa shape index (κ2) is 8.55. The summed E-state index contributed by atoms with van der Waals surface area (Å²) in [5.41, 5.74) is 7.28. The van der Waals surface area contributed by atoms with Crippen molar-refractivity contribution in [2.75, 3.05) is 19.7 Å². The first kappa shape index (κ1) is 16.5. The number of carbonyl (C=O) groups is 1. The van der Waals surface area contributed by atoms with Crippen LogP contribution < -0.4 is 15.8 Å². The summed E-state index contributed by atoms with van der Waals surface area (Å²) in [7, 11) is 0. The van der Waals surface area contributed by atoms with Gasteiger partial charge in [-0.15, -0.1) is 0 Å². The molecule has 0 fully saturated rings. The van der Waals surface area contributed by atoms with Crippen LogP contribution >= 0.6 is 0 Å². The van der Waals surface area contributed by atoms with E-state index in [0.29, 0.717) is 25.9 Å². The van der Waals surface area contributed by atoms with Crippen molar-refractivity contribution in [3.05, 3.63) is 29.3 Å². The first-order chi connectivity index (χ1) is 9.49. The topological polar surface area (TPSA) is 84.6 Å². The Morgan fingerprint density at radius 3 is 2.85 bits per heavy atom. The van der Waals surface area contributed by atoms with Gasteiger partial charge in [0.05, 0.1) is 0 Å². The highest BCUT2D eigenvalue weighted by atomic mass is 16.5. The van der Waals surface area contributed by atoms with Gasteiger partial charge >= 0.3 is 0 Å². The summed E-state index contributed by atoms with van der Waals surface area (Å²) in [5, 5.41) is 12.8. The van der Waals surface area contributed by atoms with Crippen molar-refractivity contribution < 1.29 is 14.6 Å². The van der Waals surface area contributed by atoms with E-state index in [1.54, 1.807) is 0 Å². The molecule has 1 rings (SSSR count). The Hall–Kier alpha value is -1.59. The highest BCUT2D eigenvalue weighted by Gasteiger charge is 2.06. The number of hydrogen-bond acceptors (Lipinski definition) is 4. The van der Waals surface area contributed by atoms with Gasteiger partial charge in [-0.2, -0.15) is 0 Å². The van der Waals surface area contributed by atoms with Crippen LogP contribution in [0.3, 0.4) is 0 Å². The number of nitrogens with two attached hydrogens (primary N) is 1. The molecule has 0 aromatic heterocycles. The normalized spacial score (nSPS) is 12.2. The highest BCUT2D eigenvalue weighted by Crippen LogP contribution is 2.18. The third kappa shape index (κ3) is 6.54. The SMILES string of the molecule is Cc1ccc(OCC(O)CNCCCC(N)=O)c(C)c1. The molecule has 0 bridgehead atoms. The van der Waals surface area contributed by atoms with E-state index in [2.05, 4.69) is 5.32 Å². The van der Waals surface area contributed by atoms with Gasteiger partial charge in [0.15, 0.2) is 0 Å². The zero-order valence-electron chi connectivity index (χ0n) is 12.2. The first-order valence-electron chi connectivity index (χ1n) is 6.86. The molecule has 1 amide bonds. The molecule has 0 saturated heterocycles. The summed E-state index contributed by atoms with van der Waals surface area (Å²) in [6.07, 6.45) is 0.464. The lowest BCUT2D eigenvalue weighted by Gasteiger charge is -2.14. The van der Waals surface area contributed by atoms with Crippen LogP contribution in [0.1, 0.15) is 24.0 Å². The Morgan fingerprint density at radius 1 is 1.45 bits per heavy atom. The second-order valence-electron chi connectivity index (χ2n) is 5.01. The maximum Gasteiger partial charge on any atom is 0.217 e. The Kier molecular flexibility index (Phi) is 7.04. The minimum Gasteiger partial charge on any atom is -0.491 e. The fourth-order valence-electron chi connectivity index (χ4n) is 1.86. The summed E-state index contributed by atoms with van der Waals surface area (Å²) < 4.78 is 5.58. The molecule has 1 aromatic rings. The van der Waals surface area contributed by atoms with E-state index >= 15 is 0 Å². The van der Waals surface area contributed by atoms with Crippen molar-refractivity contribution in [1.29, 1.82) is 0 Å². The standard InChI is InChI=1S/C15H24N2O3/c1-11-5-6-14(12(2)8-11)20-10-13(18)9-17-7-3-4-15(16)19/h5-6,8,13,17-18H,3-4,7,9-10H2,1-2H3,(H2,16,19). The predicted molar refractivity (Wildman–Crippen MR) is 78.7 cm³/mol. The van der Waals surface area contributed by atoms with Crippen LogP contribution in [-0.4, -0.2) is 36.8 Å². The molecule has 0 aliphatic carbocycles. The summed E-state index contributed by atoms with van der Waals surface area (Å²) in [4.78, 5) is 10.5. The van der Waals surface area contributed by atoms with Crippen molar-refractivity contribution in [1.82, 2.24) is 5.32 Å². The smallest absolute Gasteiger partial charge is 0.217 e. The van der Waals surface area contributed by atoms with Gasteiger partial charge in [-0.05, 0) is 38.4 Å². The van der Waals surface area contributed by atoms with Gasteiger partial charge in [-0.3, -0.25) is 4.79 Å². The molecule has 0 heterocycles. The van der Waals surface area contributed by atoms with Crippen LogP contribution in [0.15, 0.2) is 18.2 Å². The fourth-order valence-corrected chi connectivity index (χ4v) is 1.86. The number of amides is 1. The molecule has 20 heavy (non-hydrogen) atoms. The van der Waals surface area contributed by atoms with E-state index in [1.807, 2.05) is 32.0 Å². The molecule has 1 atom stereocenters. The Balaban J connectivity index is 2.19. The Bertz CT molecular complexity index is 435. The fraction of sp³-hybridized carbons (Fsp3) is 0.533. The molecule has 5 nitrogen and oxygen atoms in total. The average Bonchev–Trinajstić information content (AvgIpc) is 2.37. The van der Waals surface area contributed by atoms with E-state index < -0.39 is 6.10 Å². The van der Waals surface area contributed by atoms with Gasteiger partial charge in [0, 0.05) is 13.0 Å². The quantitative estimate of drug-likeness (QED) is 0.587. The van der Waals surface area contributed by atoms with Crippen molar-refractivity contribution in [3.8, 4) is 5.75 Å². The van der Waals surface area contributed by atoms with E-state index in [4.69, 9.17) is 10.5 Å². The molecule has 1 unspecified atom stereocenters. The molecule has 0 spiro atoms. The lowest BCUT2D eigenvalue weighted by Crippen LogP contribution is -2.32. The van der Waals surface area contributed by atoms with Crippen LogP contribution in [0.25, 0.3) is 0 Å². The van der Waals surface area contributed by atoms with Gasteiger partial charge in [0.25, 0.3) is 0 Å². The molecular weight excluding hydrogens is 256 g/mol. The molecule has 1 aromatic carbocycles. The maximum absolute atomic E-state index is 10.5. The zero-order valence-corrected chi connectivity index (χ0v) is 12.2. The third-order valence-electron chi connectivity index (χ3n) is 2.92. The molecule has 5 heteroatoms. The van der Waals surface area contributed by atoms with Gasteiger partial charge < -0.3 is 20.9 Å². The van der Waals surface area contributed by atoms with E-state index in [0.717, 1.165) is 11.3 Å². The third-order valence-corrected chi connectivity index (χ3v) is 2.92. The van der Waals surface area contributed by atoms with Gasteiger partial charge in [0.1, 0.15) is 18.5 Å². The minimum atomic E-state index is -0.579. The highest BCUT2D eigenvalue weighted by molar-refractivity contribution is 5.73. The summed E-state index contributed by atoms with van der Waals surface area (Å²) in [5.74, 6) is 0.494. The summed E-state index contributed by atoms with van der Waals surface area (Å²) >= 11 is 0. The molecule has 0 aliphatic heterocycles. The van der Waals surface area contributed by atoms with E-state index in [-0.39, 0.29) is 12.5 Å². The number of hydrogen-bond donors (Lipinski definition) is 3. The number of aliphatic hydroxyl groups is 1. The second-order valence-corrected chi connectivity index (χ2v) is 5.01. The van der Waals surface area contributed by atoms with E-state index in [9.17, 15) is 9.90 Å². The molecule has 112 valence electrons. The van der Waals surface area contributed by atoms with Crippen molar-refractivity contribution >= 4 is 5.91 Å². The zero-order chi connectivity index (χ0) is 15.0. The lowest BCUT2D eigenvalue weighted by atomic mass is 10.1. The maximum atomic E-state index is 10.5. The van der Waals surface area contributed by atoms with Crippen LogP contribution in [0, 0.1) is 13.8 Å². The monoisotopic (exact) mass is 280 g/mol. The van der Waals surface area contributed by atoms with Crippen LogP contribution in [0.5, 0.6) is 5.75 Å². The van der Waals surface area contributed by atoms with Gasteiger partial charge in [-0.25, -0.2) is 0 Å². The van der Waals surface area contributed by atoms with Crippen molar-refractivity contribution in [3.63, 3.8) is 0 Å². The van der Waals surface area contributed by atoms with Crippen LogP contribution in [0.4, 0.5) is 0 Å². The van der Waals surface area contributed by atoms with Gasteiger partial charge in [-0.1, -0.05) is 17.7 Å². The molecule has 0 aliphatic rings. The number of ether oxygens (including phenoxy) is 1. The number of primary amides is 1. The largest absolute Gasteiger partial charge is 0.491 e. The average molecular weight is 280 g/mol. The van der Waals surface area contributed by atoms with Crippen LogP contribution in [0.2, 0.25) is 0 Å². The number of benzene rings is 1.